The van der Waals surface area contributed by atoms with Crippen LogP contribution in [0.5, 0.6) is 0 Å². The van der Waals surface area contributed by atoms with Gasteiger partial charge in [0.15, 0.2) is 0 Å². The van der Waals surface area contributed by atoms with Crippen molar-refractivity contribution in [3.8, 4) is 0 Å². The minimum absolute atomic E-state index is 0.165. The summed E-state index contributed by atoms with van der Waals surface area (Å²) in [5.74, 6) is -0.936. The molecule has 31 heavy (non-hydrogen) atoms. The van der Waals surface area contributed by atoms with Crippen molar-refractivity contribution in [2.45, 2.75) is 31.2 Å². The third-order valence-corrected chi connectivity index (χ3v) is 5.65. The molecule has 0 saturated heterocycles. The molecule has 1 aromatic carbocycles. The van der Waals surface area contributed by atoms with Gasteiger partial charge in [0.2, 0.25) is 5.78 Å². The molecule has 3 N–H and O–H groups in total. The van der Waals surface area contributed by atoms with E-state index >= 15 is 0 Å². The Balaban J connectivity index is 1.53. The van der Waals surface area contributed by atoms with Gasteiger partial charge in [-0.15, -0.1) is 0 Å². The van der Waals surface area contributed by atoms with E-state index in [1.54, 1.807) is 18.3 Å². The number of carbonyl (C=O) groups is 1. The molecule has 0 bridgehead atoms. The predicted octanol–water partition coefficient (Wildman–Crippen LogP) is 2.10. The van der Waals surface area contributed by atoms with E-state index in [4.69, 9.17) is 11.6 Å². The molecule has 1 aliphatic carbocycles. The summed E-state index contributed by atoms with van der Waals surface area (Å²) in [5, 5.41) is 27.7. The van der Waals surface area contributed by atoms with Crippen LogP contribution in [0.25, 0.3) is 0 Å². The summed E-state index contributed by atoms with van der Waals surface area (Å²) in [6.45, 7) is 4.09. The lowest BCUT2D eigenvalue weighted by Gasteiger charge is -2.19. The first-order valence-electron chi connectivity index (χ1n) is 9.61. The monoisotopic (exact) mass is 444 g/mol. The van der Waals surface area contributed by atoms with Crippen LogP contribution in [0.1, 0.15) is 28.0 Å². The lowest BCUT2D eigenvalue weighted by Crippen LogP contribution is -2.35. The van der Waals surface area contributed by atoms with Crippen LogP contribution in [0, 0.1) is 18.7 Å². The van der Waals surface area contributed by atoms with E-state index in [2.05, 4.69) is 27.3 Å². The van der Waals surface area contributed by atoms with Crippen molar-refractivity contribution in [3.63, 3.8) is 0 Å². The zero-order valence-electron chi connectivity index (χ0n) is 16.3. The highest BCUT2D eigenvalue weighted by atomic mass is 35.5. The molecule has 10 heteroatoms. The lowest BCUT2D eigenvalue weighted by atomic mass is 10.1. The molecule has 0 unspecified atom stereocenters. The van der Waals surface area contributed by atoms with E-state index in [1.165, 1.54) is 29.3 Å². The number of benzene rings is 1. The summed E-state index contributed by atoms with van der Waals surface area (Å²) in [6.07, 6.45) is 2.72. The number of hydrogen-bond acceptors (Lipinski definition) is 7. The van der Waals surface area contributed by atoms with Gasteiger partial charge in [0.1, 0.15) is 29.8 Å². The highest BCUT2D eigenvalue weighted by Gasteiger charge is 2.39. The summed E-state index contributed by atoms with van der Waals surface area (Å²) < 4.78 is 14.8. The maximum absolute atomic E-state index is 13.2. The Bertz CT molecular complexity index is 1110. The number of hydrogen-bond donors (Lipinski definition) is 3. The quantitative estimate of drug-likeness (QED) is 0.499. The topological polar surface area (TPSA) is 113 Å². The molecular formula is C21H20ClFN5O3. The second kappa shape index (κ2) is 8.70. The Morgan fingerprint density at radius 3 is 2.84 bits per heavy atom. The van der Waals surface area contributed by atoms with E-state index in [-0.39, 0.29) is 34.6 Å². The standard InChI is InChI=1S/C21H20ClFN5O3/c1-11-6-17(20(31)18(11)29)26-21-14(8-24-10-25-21)19(30)16-4-5-28(27-16)9-12-2-3-13(23)7-15(12)22/h2-5,7-8,10-11,17-18,20,29,31H,1,6,9H2,(H,24,25,26)/t11-,17-,18-,20+/m1/s1. The summed E-state index contributed by atoms with van der Waals surface area (Å²) >= 11 is 6.06. The number of nitrogens with zero attached hydrogens (tertiary/aromatic N) is 4. The summed E-state index contributed by atoms with van der Waals surface area (Å²) in [6, 6.07) is 5.14. The average molecular weight is 445 g/mol. The number of nitrogens with one attached hydrogen (secondary N) is 1. The number of aliphatic hydroxyl groups excluding tert-OH is 2. The molecule has 0 amide bonds. The Kier molecular flexibility index (Phi) is 5.99. The van der Waals surface area contributed by atoms with E-state index in [0.29, 0.717) is 12.0 Å². The second-order valence-electron chi connectivity index (χ2n) is 7.48. The van der Waals surface area contributed by atoms with Crippen LogP contribution in [0.3, 0.4) is 0 Å². The molecule has 4 atom stereocenters. The van der Waals surface area contributed by atoms with Crippen molar-refractivity contribution < 1.29 is 19.4 Å². The minimum Gasteiger partial charge on any atom is -0.390 e. The summed E-state index contributed by atoms with van der Waals surface area (Å²) in [7, 11) is 0. The molecule has 3 aromatic rings. The van der Waals surface area contributed by atoms with Crippen molar-refractivity contribution in [1.29, 1.82) is 0 Å². The Hall–Kier alpha value is -2.88. The van der Waals surface area contributed by atoms with Crippen LogP contribution in [0.4, 0.5) is 10.2 Å². The van der Waals surface area contributed by atoms with E-state index in [9.17, 15) is 19.4 Å². The molecule has 2 aromatic heterocycles. The fourth-order valence-electron chi connectivity index (χ4n) is 3.59. The fraction of sp³-hybridized carbons (Fsp3) is 0.286. The zero-order valence-corrected chi connectivity index (χ0v) is 17.1. The van der Waals surface area contributed by atoms with Crippen LogP contribution in [0.15, 0.2) is 43.0 Å². The maximum Gasteiger partial charge on any atom is 0.218 e. The largest absolute Gasteiger partial charge is 0.390 e. The van der Waals surface area contributed by atoms with Crippen molar-refractivity contribution in [3.05, 3.63) is 77.6 Å². The number of aromatic nitrogens is 4. The SMILES string of the molecule is [CH2][C@@H]1C[C@@H](Nc2ncncc2C(=O)c2ccn(Cc3ccc(F)cc3Cl)n2)[C@H](O)[C@@H]1O. The van der Waals surface area contributed by atoms with Crippen LogP contribution in [0.2, 0.25) is 5.02 Å². The normalized spacial score (nSPS) is 23.1. The van der Waals surface area contributed by atoms with Crippen LogP contribution in [-0.2, 0) is 6.54 Å². The number of aliphatic hydroxyl groups is 2. The van der Waals surface area contributed by atoms with Gasteiger partial charge in [0.25, 0.3) is 0 Å². The van der Waals surface area contributed by atoms with Gasteiger partial charge in [-0.2, -0.15) is 5.10 Å². The molecule has 0 spiro atoms. The molecule has 8 nitrogen and oxygen atoms in total. The van der Waals surface area contributed by atoms with Crippen LogP contribution < -0.4 is 5.32 Å². The van der Waals surface area contributed by atoms with Gasteiger partial charge in [-0.05, 0) is 43.0 Å². The molecule has 1 fully saturated rings. The number of rotatable bonds is 6. The second-order valence-corrected chi connectivity index (χ2v) is 7.88. The Morgan fingerprint density at radius 2 is 2.13 bits per heavy atom. The van der Waals surface area contributed by atoms with Crippen molar-refractivity contribution in [2.24, 2.45) is 5.92 Å². The molecule has 4 rings (SSSR count). The van der Waals surface area contributed by atoms with Gasteiger partial charge in [-0.25, -0.2) is 14.4 Å². The van der Waals surface area contributed by atoms with Crippen molar-refractivity contribution >= 4 is 23.2 Å². The van der Waals surface area contributed by atoms with Gasteiger partial charge in [0, 0.05) is 17.4 Å². The van der Waals surface area contributed by atoms with E-state index < -0.39 is 29.9 Å². The molecule has 1 aliphatic rings. The Labute approximate surface area is 182 Å². The lowest BCUT2D eigenvalue weighted by molar-refractivity contribution is 0.0256. The van der Waals surface area contributed by atoms with Gasteiger partial charge in [-0.1, -0.05) is 17.7 Å². The van der Waals surface area contributed by atoms with Gasteiger partial charge < -0.3 is 15.5 Å². The summed E-state index contributed by atoms with van der Waals surface area (Å²) in [5.41, 5.74) is 1.01. The highest BCUT2D eigenvalue weighted by molar-refractivity contribution is 6.31. The number of carbonyl (C=O) groups excluding carboxylic acids is 1. The average Bonchev–Trinajstić information content (AvgIpc) is 3.31. The third-order valence-electron chi connectivity index (χ3n) is 5.30. The number of halogens is 2. The molecule has 1 saturated carbocycles. The van der Waals surface area contributed by atoms with Crippen molar-refractivity contribution in [1.82, 2.24) is 19.7 Å². The van der Waals surface area contributed by atoms with Crippen LogP contribution >= 0.6 is 11.6 Å². The molecule has 161 valence electrons. The fourth-order valence-corrected chi connectivity index (χ4v) is 3.81. The molecule has 2 heterocycles. The zero-order chi connectivity index (χ0) is 22.1. The van der Waals surface area contributed by atoms with Gasteiger partial charge in [-0.3, -0.25) is 9.48 Å². The first kappa shape index (κ1) is 21.4. The smallest absolute Gasteiger partial charge is 0.218 e. The molecule has 0 aliphatic heterocycles. The minimum atomic E-state index is -1.03. The van der Waals surface area contributed by atoms with E-state index in [0.717, 1.165) is 0 Å². The molecular weight excluding hydrogens is 425 g/mol. The van der Waals surface area contributed by atoms with Gasteiger partial charge >= 0.3 is 0 Å². The van der Waals surface area contributed by atoms with Crippen molar-refractivity contribution in [2.75, 3.05) is 5.32 Å². The molecule has 1 radical (unpaired) electrons. The maximum atomic E-state index is 13.2. The first-order valence-corrected chi connectivity index (χ1v) is 9.99. The van der Waals surface area contributed by atoms with Crippen LogP contribution in [-0.4, -0.2) is 54.0 Å². The summed E-state index contributed by atoms with van der Waals surface area (Å²) in [4.78, 5) is 21.1. The Morgan fingerprint density at radius 1 is 1.32 bits per heavy atom. The number of ketones is 1. The first-order chi connectivity index (χ1) is 14.8. The van der Waals surface area contributed by atoms with E-state index in [1.807, 2.05) is 0 Å². The highest BCUT2D eigenvalue weighted by Crippen LogP contribution is 2.29. The van der Waals surface area contributed by atoms with Gasteiger partial charge in [0.05, 0.1) is 24.3 Å². The number of anilines is 1. The predicted molar refractivity (Wildman–Crippen MR) is 111 cm³/mol. The third kappa shape index (κ3) is 4.43.